The summed E-state index contributed by atoms with van der Waals surface area (Å²) in [5.41, 5.74) is 7.80. The summed E-state index contributed by atoms with van der Waals surface area (Å²) in [6, 6.07) is 18.2. The second-order valence-electron chi connectivity index (χ2n) is 6.53. The molecule has 0 aliphatic carbocycles. The van der Waals surface area contributed by atoms with Crippen LogP contribution >= 0.6 is 34.5 Å². The van der Waals surface area contributed by atoms with E-state index in [4.69, 9.17) is 28.9 Å². The molecule has 1 aliphatic heterocycles. The molecule has 1 aliphatic rings. The van der Waals surface area contributed by atoms with Gasteiger partial charge in [-0.25, -0.2) is 0 Å². The molecule has 0 unspecified atom stereocenters. The molecule has 2 aromatic carbocycles. The molecule has 0 fully saturated rings. The molecule has 5 nitrogen and oxygen atoms in total. The summed E-state index contributed by atoms with van der Waals surface area (Å²) >= 11 is 13.1. The van der Waals surface area contributed by atoms with E-state index in [0.717, 1.165) is 16.9 Å². The van der Waals surface area contributed by atoms with Gasteiger partial charge in [-0.05, 0) is 41.5 Å². The van der Waals surface area contributed by atoms with Gasteiger partial charge in [-0.1, -0.05) is 47.5 Å². The summed E-state index contributed by atoms with van der Waals surface area (Å²) in [6.45, 7) is 0. The smallest absolute Gasteiger partial charge is 0.274 e. The molecule has 0 spiro atoms. The Morgan fingerprint density at radius 2 is 1.53 bits per heavy atom. The van der Waals surface area contributed by atoms with E-state index in [1.807, 2.05) is 0 Å². The van der Waals surface area contributed by atoms with Crippen molar-refractivity contribution in [3.05, 3.63) is 94.8 Å². The minimum atomic E-state index is -0.668. The van der Waals surface area contributed by atoms with Crippen LogP contribution < -0.4 is 20.5 Å². The van der Waals surface area contributed by atoms with Crippen LogP contribution in [0.4, 0.5) is 0 Å². The van der Waals surface area contributed by atoms with Crippen molar-refractivity contribution in [2.24, 2.45) is 5.73 Å². The molecule has 0 radical (unpaired) electrons. The number of rotatable bonds is 2. The van der Waals surface area contributed by atoms with Crippen LogP contribution in [0.3, 0.4) is 0 Å². The number of benzene rings is 2. The van der Waals surface area contributed by atoms with Gasteiger partial charge < -0.3 is 5.73 Å². The molecule has 1 atom stereocenters. The topological polar surface area (TPSA) is 95.6 Å². The van der Waals surface area contributed by atoms with Crippen LogP contribution in [0.2, 0.25) is 10.0 Å². The van der Waals surface area contributed by atoms with Gasteiger partial charge in [-0.15, -0.1) is 11.3 Å². The van der Waals surface area contributed by atoms with E-state index in [2.05, 4.69) is 12.1 Å². The number of hydrogen-bond acceptors (Lipinski definition) is 5. The fourth-order valence-electron chi connectivity index (χ4n) is 3.35. The average molecular weight is 451 g/mol. The number of aromatic nitrogens is 1. The average Bonchev–Trinajstić information content (AvgIpc) is 3.06. The van der Waals surface area contributed by atoms with Crippen molar-refractivity contribution in [2.45, 2.75) is 5.92 Å². The molecule has 4 rings (SSSR count). The SMILES string of the molecule is N#CC1=C(N)n2c(s/c(=C\c3ccc(Cl)cc3)c2=O)=C(C#N)[C@H]1c1ccc(Cl)cc1. The van der Waals surface area contributed by atoms with Crippen LogP contribution in [0.25, 0.3) is 17.5 Å². The molecule has 0 saturated carbocycles. The Kier molecular flexibility index (Phi) is 5.24. The molecule has 30 heavy (non-hydrogen) atoms. The van der Waals surface area contributed by atoms with Crippen molar-refractivity contribution in [1.82, 2.24) is 4.57 Å². The number of halogens is 2. The predicted molar refractivity (Wildman–Crippen MR) is 119 cm³/mol. The summed E-state index contributed by atoms with van der Waals surface area (Å²) in [4.78, 5) is 13.1. The van der Waals surface area contributed by atoms with Gasteiger partial charge in [0, 0.05) is 10.0 Å². The monoisotopic (exact) mass is 450 g/mol. The van der Waals surface area contributed by atoms with Gasteiger partial charge in [0.2, 0.25) is 0 Å². The summed E-state index contributed by atoms with van der Waals surface area (Å²) in [5.74, 6) is -0.637. The summed E-state index contributed by atoms with van der Waals surface area (Å²) in [5, 5.41) is 20.8. The molecule has 1 aromatic heterocycles. The molecule has 146 valence electrons. The highest BCUT2D eigenvalue weighted by atomic mass is 35.5. The van der Waals surface area contributed by atoms with E-state index >= 15 is 0 Å². The third-order valence-electron chi connectivity index (χ3n) is 4.76. The molecule has 8 heteroatoms. The lowest BCUT2D eigenvalue weighted by Crippen LogP contribution is -2.38. The van der Waals surface area contributed by atoms with Crippen LogP contribution in [-0.4, -0.2) is 4.57 Å². The highest BCUT2D eigenvalue weighted by Gasteiger charge is 2.32. The van der Waals surface area contributed by atoms with Crippen molar-refractivity contribution in [2.75, 3.05) is 0 Å². The van der Waals surface area contributed by atoms with Gasteiger partial charge in [-0.2, -0.15) is 10.5 Å². The molecule has 3 aromatic rings. The first-order chi connectivity index (χ1) is 14.4. The fraction of sp³-hybridized carbons (Fsp3) is 0.0455. The Hall–Kier alpha value is -3.29. The van der Waals surface area contributed by atoms with Crippen molar-refractivity contribution in [3.63, 3.8) is 0 Å². The third kappa shape index (κ3) is 3.32. The van der Waals surface area contributed by atoms with Crippen molar-refractivity contribution < 1.29 is 0 Å². The normalized spacial score (nSPS) is 16.2. The van der Waals surface area contributed by atoms with Gasteiger partial charge in [-0.3, -0.25) is 9.36 Å². The fourth-order valence-corrected chi connectivity index (χ4v) is 4.73. The molecule has 0 amide bonds. The number of nitrogens with two attached hydrogens (primary N) is 1. The van der Waals surface area contributed by atoms with Gasteiger partial charge >= 0.3 is 0 Å². The number of allylic oxidation sites excluding steroid dienone is 1. The lowest BCUT2D eigenvalue weighted by atomic mass is 9.84. The minimum Gasteiger partial charge on any atom is -0.384 e. The van der Waals surface area contributed by atoms with E-state index in [1.54, 1.807) is 54.6 Å². The maximum atomic E-state index is 13.1. The van der Waals surface area contributed by atoms with Gasteiger partial charge in [0.25, 0.3) is 5.56 Å². The largest absolute Gasteiger partial charge is 0.384 e. The lowest BCUT2D eigenvalue weighted by Gasteiger charge is -2.22. The van der Waals surface area contributed by atoms with Crippen LogP contribution in [0.1, 0.15) is 17.0 Å². The van der Waals surface area contributed by atoms with Gasteiger partial charge in [0.1, 0.15) is 10.5 Å². The number of hydrogen-bond donors (Lipinski definition) is 1. The van der Waals surface area contributed by atoms with Crippen molar-refractivity contribution in [1.29, 1.82) is 10.5 Å². The lowest BCUT2D eigenvalue weighted by molar-refractivity contribution is 0.906. The van der Waals surface area contributed by atoms with Crippen LogP contribution in [0, 0.1) is 22.7 Å². The zero-order valence-electron chi connectivity index (χ0n) is 15.3. The predicted octanol–water partition coefficient (Wildman–Crippen LogP) is 3.17. The van der Waals surface area contributed by atoms with Gasteiger partial charge in [0.15, 0.2) is 0 Å². The second-order valence-corrected chi connectivity index (χ2v) is 8.43. The van der Waals surface area contributed by atoms with Crippen LogP contribution in [0.5, 0.6) is 0 Å². The van der Waals surface area contributed by atoms with E-state index < -0.39 is 5.92 Å². The molecular weight excluding hydrogens is 439 g/mol. The zero-order valence-corrected chi connectivity index (χ0v) is 17.6. The third-order valence-corrected chi connectivity index (χ3v) is 6.37. The highest BCUT2D eigenvalue weighted by Crippen LogP contribution is 2.35. The first-order valence-electron chi connectivity index (χ1n) is 8.73. The molecular formula is C22H12Cl2N4OS. The number of thiazole rings is 1. The number of fused-ring (bicyclic) bond motifs is 1. The van der Waals surface area contributed by atoms with Gasteiger partial charge in [0.05, 0.1) is 33.7 Å². The summed E-state index contributed by atoms with van der Waals surface area (Å²) in [6.07, 6.45) is 1.71. The standard InChI is InChI=1S/C22H12Cl2N4OS/c23-14-5-1-12(2-6-14)9-18-21(29)28-20(27)16(10-25)19(17(11-26)22(28)30-18)13-3-7-15(24)8-4-13/h1-9,19H,27H2/b18-9-/t19-/m0/s1. The second kappa shape index (κ2) is 7.85. The van der Waals surface area contributed by atoms with Crippen LogP contribution in [-0.2, 0) is 0 Å². The summed E-state index contributed by atoms with van der Waals surface area (Å²) in [7, 11) is 0. The summed E-state index contributed by atoms with van der Waals surface area (Å²) < 4.78 is 2.06. The minimum absolute atomic E-state index is 0.0310. The first-order valence-corrected chi connectivity index (χ1v) is 10.3. The van der Waals surface area contributed by atoms with Crippen LogP contribution in [0.15, 0.2) is 58.9 Å². The molecule has 2 heterocycles. The highest BCUT2D eigenvalue weighted by molar-refractivity contribution is 7.07. The Labute approximate surface area is 185 Å². The van der Waals surface area contributed by atoms with E-state index in [1.165, 1.54) is 4.57 Å². The zero-order chi connectivity index (χ0) is 21.4. The van der Waals surface area contributed by atoms with E-state index in [9.17, 15) is 15.3 Å². The van der Waals surface area contributed by atoms with Crippen molar-refractivity contribution >= 4 is 52.0 Å². The Bertz CT molecular complexity index is 1450. The molecule has 0 bridgehead atoms. The Morgan fingerprint density at radius 3 is 2.10 bits per heavy atom. The Balaban J connectivity index is 2.04. The first kappa shape index (κ1) is 20.0. The van der Waals surface area contributed by atoms with E-state index in [0.29, 0.717) is 30.4 Å². The quantitative estimate of drug-likeness (QED) is 0.648. The molecule has 0 saturated heterocycles. The molecule has 2 N–H and O–H groups in total. The maximum absolute atomic E-state index is 13.1. The van der Waals surface area contributed by atoms with Crippen molar-refractivity contribution in [3.8, 4) is 12.1 Å². The maximum Gasteiger partial charge on any atom is 0.274 e. The Morgan fingerprint density at radius 1 is 0.967 bits per heavy atom. The number of nitrogens with zero attached hydrogens (tertiary/aromatic N) is 3. The van der Waals surface area contributed by atoms with E-state index in [-0.39, 0.29) is 17.0 Å². The number of nitriles is 2.